The van der Waals surface area contributed by atoms with Gasteiger partial charge in [0.25, 0.3) is 0 Å². The van der Waals surface area contributed by atoms with Crippen molar-refractivity contribution < 1.29 is 4.52 Å². The Morgan fingerprint density at radius 3 is 2.25 bits per heavy atom. The van der Waals surface area contributed by atoms with Gasteiger partial charge in [-0.15, -0.1) is 0 Å². The lowest BCUT2D eigenvalue weighted by atomic mass is 10.1. The third-order valence-electron chi connectivity index (χ3n) is 2.88. The molecule has 96 valence electrons. The summed E-state index contributed by atoms with van der Waals surface area (Å²) < 4.78 is 5.31. The lowest BCUT2D eigenvalue weighted by Crippen LogP contribution is -1.92. The van der Waals surface area contributed by atoms with Crippen molar-refractivity contribution in [3.05, 3.63) is 66.2 Å². The van der Waals surface area contributed by atoms with Crippen LogP contribution in [0, 0.1) is 11.3 Å². The van der Waals surface area contributed by atoms with Gasteiger partial charge in [-0.05, 0) is 12.1 Å². The zero-order valence-corrected chi connectivity index (χ0v) is 10.6. The van der Waals surface area contributed by atoms with Crippen LogP contribution in [0.15, 0.2) is 65.2 Å². The minimum absolute atomic E-state index is 0.403. The first-order valence-electron chi connectivity index (χ1n) is 6.16. The molecule has 1 N–H and O–H groups in total. The summed E-state index contributed by atoms with van der Waals surface area (Å²) in [4.78, 5) is 0. The van der Waals surface area contributed by atoms with Gasteiger partial charge in [0.2, 0.25) is 0 Å². The second kappa shape index (κ2) is 5.29. The van der Waals surface area contributed by atoms with Gasteiger partial charge in [-0.2, -0.15) is 5.26 Å². The molecule has 0 atom stereocenters. The van der Waals surface area contributed by atoms with E-state index in [0.717, 1.165) is 11.3 Å². The van der Waals surface area contributed by atoms with Crippen LogP contribution in [-0.4, -0.2) is 5.16 Å². The summed E-state index contributed by atoms with van der Waals surface area (Å²) in [7, 11) is 0. The first kappa shape index (κ1) is 12.0. The molecule has 0 unspecified atom stereocenters. The highest BCUT2D eigenvalue weighted by Gasteiger charge is 2.17. The molecule has 0 saturated heterocycles. The van der Waals surface area contributed by atoms with Crippen molar-refractivity contribution in [2.45, 2.75) is 0 Å². The highest BCUT2D eigenvalue weighted by Crippen LogP contribution is 2.29. The molecule has 0 aliphatic heterocycles. The quantitative estimate of drug-likeness (QED) is 0.775. The fraction of sp³-hybridized carbons (Fsp3) is 0. The number of hydrogen-bond acceptors (Lipinski definition) is 4. The summed E-state index contributed by atoms with van der Waals surface area (Å²) in [5.41, 5.74) is 2.09. The molecule has 3 rings (SSSR count). The fourth-order valence-corrected chi connectivity index (χ4v) is 1.92. The molecule has 0 radical (unpaired) electrons. The van der Waals surface area contributed by atoms with Crippen molar-refractivity contribution in [3.8, 4) is 17.4 Å². The third-order valence-corrected chi connectivity index (χ3v) is 2.88. The molecule has 0 amide bonds. The van der Waals surface area contributed by atoms with E-state index < -0.39 is 0 Å². The standard InChI is InChI=1S/C16H11N3O/c17-11-14-15(12-7-3-1-4-8-12)20-19-16(14)18-13-9-5-2-6-10-13/h1-10H,(H,18,19). The highest BCUT2D eigenvalue weighted by atomic mass is 16.5. The zero-order chi connectivity index (χ0) is 13.8. The van der Waals surface area contributed by atoms with E-state index in [1.165, 1.54) is 0 Å². The van der Waals surface area contributed by atoms with E-state index in [9.17, 15) is 5.26 Å². The Balaban J connectivity index is 1.99. The molecule has 4 heteroatoms. The van der Waals surface area contributed by atoms with Gasteiger partial charge in [-0.25, -0.2) is 0 Å². The molecule has 3 aromatic rings. The maximum Gasteiger partial charge on any atom is 0.192 e. The van der Waals surface area contributed by atoms with Gasteiger partial charge in [0.1, 0.15) is 11.6 Å². The molecular formula is C16H11N3O. The van der Waals surface area contributed by atoms with Crippen LogP contribution >= 0.6 is 0 Å². The van der Waals surface area contributed by atoms with Gasteiger partial charge in [0.05, 0.1) is 0 Å². The van der Waals surface area contributed by atoms with Crippen molar-refractivity contribution in [1.82, 2.24) is 5.16 Å². The number of aromatic nitrogens is 1. The smallest absolute Gasteiger partial charge is 0.192 e. The summed E-state index contributed by atoms with van der Waals surface area (Å²) in [5, 5.41) is 16.4. The van der Waals surface area contributed by atoms with Crippen LogP contribution in [0.1, 0.15) is 5.56 Å². The van der Waals surface area contributed by atoms with Crippen LogP contribution in [0.5, 0.6) is 0 Å². The van der Waals surface area contributed by atoms with Crippen LogP contribution in [0.2, 0.25) is 0 Å². The van der Waals surface area contributed by atoms with E-state index in [-0.39, 0.29) is 0 Å². The molecule has 1 aromatic heterocycles. The average molecular weight is 261 g/mol. The zero-order valence-electron chi connectivity index (χ0n) is 10.6. The van der Waals surface area contributed by atoms with Crippen molar-refractivity contribution in [3.63, 3.8) is 0 Å². The van der Waals surface area contributed by atoms with E-state index in [1.54, 1.807) is 0 Å². The van der Waals surface area contributed by atoms with Crippen molar-refractivity contribution in [1.29, 1.82) is 5.26 Å². The van der Waals surface area contributed by atoms with Crippen LogP contribution in [-0.2, 0) is 0 Å². The first-order chi connectivity index (χ1) is 9.88. The Hall–Kier alpha value is -3.06. The number of benzene rings is 2. The summed E-state index contributed by atoms with van der Waals surface area (Å²) in [5.74, 6) is 0.907. The maximum absolute atomic E-state index is 9.34. The summed E-state index contributed by atoms with van der Waals surface area (Å²) in [6.07, 6.45) is 0. The summed E-state index contributed by atoms with van der Waals surface area (Å²) in [6, 6.07) is 21.2. The third kappa shape index (κ3) is 2.25. The average Bonchev–Trinajstić information content (AvgIpc) is 2.92. The van der Waals surface area contributed by atoms with Crippen LogP contribution in [0.3, 0.4) is 0 Å². The maximum atomic E-state index is 9.34. The minimum atomic E-state index is 0.403. The molecule has 0 aliphatic rings. The predicted octanol–water partition coefficient (Wildman–Crippen LogP) is 3.96. The molecule has 0 saturated carbocycles. The number of nitrogens with one attached hydrogen (secondary N) is 1. The molecule has 1 heterocycles. The Morgan fingerprint density at radius 2 is 1.60 bits per heavy atom. The number of nitrogens with zero attached hydrogens (tertiary/aromatic N) is 2. The van der Waals surface area contributed by atoms with E-state index in [0.29, 0.717) is 17.1 Å². The van der Waals surface area contributed by atoms with Crippen LogP contribution in [0.4, 0.5) is 11.5 Å². The Kier molecular flexibility index (Phi) is 3.17. The van der Waals surface area contributed by atoms with Crippen LogP contribution < -0.4 is 5.32 Å². The number of rotatable bonds is 3. The van der Waals surface area contributed by atoms with E-state index in [2.05, 4.69) is 16.5 Å². The molecule has 4 nitrogen and oxygen atoms in total. The number of nitriles is 1. The van der Waals surface area contributed by atoms with E-state index >= 15 is 0 Å². The van der Waals surface area contributed by atoms with Crippen molar-refractivity contribution in [2.75, 3.05) is 5.32 Å². The molecule has 0 bridgehead atoms. The fourth-order valence-electron chi connectivity index (χ4n) is 1.92. The minimum Gasteiger partial charge on any atom is -0.353 e. The lowest BCUT2D eigenvalue weighted by molar-refractivity contribution is 0.435. The first-order valence-corrected chi connectivity index (χ1v) is 6.16. The van der Waals surface area contributed by atoms with Gasteiger partial charge < -0.3 is 9.84 Å². The van der Waals surface area contributed by atoms with Gasteiger partial charge in [-0.1, -0.05) is 53.7 Å². The van der Waals surface area contributed by atoms with Gasteiger partial charge in [0.15, 0.2) is 11.6 Å². The molecule has 20 heavy (non-hydrogen) atoms. The molecular weight excluding hydrogens is 250 g/mol. The Labute approximate surface area is 116 Å². The Bertz CT molecular complexity index is 742. The largest absolute Gasteiger partial charge is 0.353 e. The monoisotopic (exact) mass is 261 g/mol. The summed E-state index contributed by atoms with van der Waals surface area (Å²) >= 11 is 0. The molecule has 2 aromatic carbocycles. The van der Waals surface area contributed by atoms with E-state index in [1.807, 2.05) is 60.7 Å². The van der Waals surface area contributed by atoms with Crippen molar-refractivity contribution >= 4 is 11.5 Å². The topological polar surface area (TPSA) is 61.9 Å². The lowest BCUT2D eigenvalue weighted by Gasteiger charge is -2.01. The number of para-hydroxylation sites is 1. The predicted molar refractivity (Wildman–Crippen MR) is 76.4 cm³/mol. The SMILES string of the molecule is N#Cc1c(Nc2ccccc2)noc1-c1ccccc1. The Morgan fingerprint density at radius 1 is 0.950 bits per heavy atom. The number of hydrogen-bond donors (Lipinski definition) is 1. The molecule has 0 spiro atoms. The number of anilines is 2. The van der Waals surface area contributed by atoms with Gasteiger partial charge >= 0.3 is 0 Å². The van der Waals surface area contributed by atoms with Gasteiger partial charge in [0, 0.05) is 11.3 Å². The molecule has 0 fully saturated rings. The molecule has 0 aliphatic carbocycles. The highest BCUT2D eigenvalue weighted by molar-refractivity contribution is 5.74. The van der Waals surface area contributed by atoms with Crippen LogP contribution in [0.25, 0.3) is 11.3 Å². The normalized spacial score (nSPS) is 9.95. The summed E-state index contributed by atoms with van der Waals surface area (Å²) in [6.45, 7) is 0. The van der Waals surface area contributed by atoms with E-state index in [4.69, 9.17) is 4.52 Å². The second-order valence-electron chi connectivity index (χ2n) is 4.20. The van der Waals surface area contributed by atoms with Crippen molar-refractivity contribution in [2.24, 2.45) is 0 Å². The second-order valence-corrected chi connectivity index (χ2v) is 4.20. The van der Waals surface area contributed by atoms with Gasteiger partial charge in [-0.3, -0.25) is 0 Å².